The molecule has 130 valence electrons. The molecule has 4 nitrogen and oxygen atoms in total. The number of halogens is 2. The summed E-state index contributed by atoms with van der Waals surface area (Å²) < 4.78 is 5.48. The number of hydrogen-bond acceptors (Lipinski definition) is 4. The van der Waals surface area contributed by atoms with Gasteiger partial charge in [-0.25, -0.2) is 0 Å². The molecule has 0 saturated carbocycles. The summed E-state index contributed by atoms with van der Waals surface area (Å²) in [7, 11) is 1.70. The van der Waals surface area contributed by atoms with Crippen molar-refractivity contribution in [2.45, 2.75) is 12.5 Å². The van der Waals surface area contributed by atoms with E-state index in [0.29, 0.717) is 6.42 Å². The Bertz CT molecular complexity index is 696. The van der Waals surface area contributed by atoms with Crippen molar-refractivity contribution < 1.29 is 4.74 Å². The Morgan fingerprint density at radius 2 is 1.79 bits per heavy atom. The second-order valence-corrected chi connectivity index (χ2v) is 5.57. The lowest BCUT2D eigenvalue weighted by Crippen LogP contribution is -2.45. The third-order valence-electron chi connectivity index (χ3n) is 4.37. The minimum atomic E-state index is 0. The van der Waals surface area contributed by atoms with E-state index in [9.17, 15) is 5.26 Å². The highest BCUT2D eigenvalue weighted by atomic mass is 35.5. The van der Waals surface area contributed by atoms with E-state index in [1.54, 1.807) is 7.11 Å². The minimum Gasteiger partial charge on any atom is -0.496 e. The number of nitrogens with one attached hydrogen (secondary N) is 1. The third-order valence-corrected chi connectivity index (χ3v) is 4.37. The Morgan fingerprint density at radius 1 is 1.12 bits per heavy atom. The van der Waals surface area contributed by atoms with Crippen LogP contribution in [0.15, 0.2) is 36.4 Å². The van der Waals surface area contributed by atoms with E-state index >= 15 is 0 Å². The summed E-state index contributed by atoms with van der Waals surface area (Å²) >= 11 is 0. The summed E-state index contributed by atoms with van der Waals surface area (Å²) in [6.45, 7) is 3.92. The van der Waals surface area contributed by atoms with E-state index in [1.165, 1.54) is 10.9 Å². The van der Waals surface area contributed by atoms with Crippen molar-refractivity contribution in [3.8, 4) is 11.8 Å². The van der Waals surface area contributed by atoms with Crippen LogP contribution in [0.25, 0.3) is 10.8 Å². The van der Waals surface area contributed by atoms with Crippen LogP contribution in [0.1, 0.15) is 18.0 Å². The Kier molecular flexibility index (Phi) is 8.30. The first-order valence-corrected chi connectivity index (χ1v) is 7.72. The van der Waals surface area contributed by atoms with Crippen LogP contribution in [0.4, 0.5) is 0 Å². The molecule has 0 aliphatic carbocycles. The van der Waals surface area contributed by atoms with Gasteiger partial charge in [0, 0.05) is 37.6 Å². The molecule has 0 spiro atoms. The maximum Gasteiger partial charge on any atom is 0.126 e. The summed E-state index contributed by atoms with van der Waals surface area (Å²) in [5.41, 5.74) is 1.22. The lowest BCUT2D eigenvalue weighted by atomic mass is 9.95. The molecule has 1 aliphatic heterocycles. The summed E-state index contributed by atoms with van der Waals surface area (Å²) in [6, 6.07) is 14.9. The fourth-order valence-corrected chi connectivity index (χ4v) is 3.28. The number of nitrogens with zero attached hydrogens (tertiary/aromatic N) is 2. The van der Waals surface area contributed by atoms with Crippen LogP contribution >= 0.6 is 24.8 Å². The molecule has 1 N–H and O–H groups in total. The van der Waals surface area contributed by atoms with E-state index in [-0.39, 0.29) is 30.9 Å². The molecule has 2 aromatic carbocycles. The standard InChI is InChI=1S/C18H21N3O.2ClH/c1-22-18-7-6-15(14-4-2-3-5-16(14)18)17(8-9-19)21-12-10-20-11-13-21;;/h2-7,17,20H,8,10-13H2,1H3;2*1H/t17-;;/m0../s1. The van der Waals surface area contributed by atoms with Crippen molar-refractivity contribution in [1.82, 2.24) is 10.2 Å². The highest BCUT2D eigenvalue weighted by molar-refractivity contribution is 5.91. The van der Waals surface area contributed by atoms with Crippen molar-refractivity contribution >= 4 is 35.6 Å². The minimum absolute atomic E-state index is 0. The van der Waals surface area contributed by atoms with Crippen LogP contribution in [0, 0.1) is 11.3 Å². The molecule has 24 heavy (non-hydrogen) atoms. The van der Waals surface area contributed by atoms with E-state index in [4.69, 9.17) is 4.74 Å². The fraction of sp³-hybridized carbons (Fsp3) is 0.389. The number of methoxy groups -OCH3 is 1. The molecule has 6 heteroatoms. The quantitative estimate of drug-likeness (QED) is 0.897. The summed E-state index contributed by atoms with van der Waals surface area (Å²) in [5, 5.41) is 15.0. The van der Waals surface area contributed by atoms with Gasteiger partial charge in [-0.2, -0.15) is 5.26 Å². The van der Waals surface area contributed by atoms with Gasteiger partial charge in [0.1, 0.15) is 5.75 Å². The first-order chi connectivity index (χ1) is 10.8. The zero-order valence-electron chi connectivity index (χ0n) is 13.7. The van der Waals surface area contributed by atoms with Gasteiger partial charge in [-0.3, -0.25) is 4.90 Å². The lowest BCUT2D eigenvalue weighted by Gasteiger charge is -2.34. The van der Waals surface area contributed by atoms with Gasteiger partial charge in [0.25, 0.3) is 0 Å². The Morgan fingerprint density at radius 3 is 2.42 bits per heavy atom. The van der Waals surface area contributed by atoms with Crippen molar-refractivity contribution in [3.63, 3.8) is 0 Å². The highest BCUT2D eigenvalue weighted by Gasteiger charge is 2.24. The molecule has 1 heterocycles. The Balaban J connectivity index is 0.00000144. The molecule has 0 amide bonds. The van der Waals surface area contributed by atoms with Gasteiger partial charge in [0.05, 0.1) is 19.6 Å². The summed E-state index contributed by atoms with van der Waals surface area (Å²) in [6.07, 6.45) is 0.510. The van der Waals surface area contributed by atoms with Gasteiger partial charge in [0.15, 0.2) is 0 Å². The SMILES string of the molecule is COc1ccc([C@H](CC#N)N2CCNCC2)c2ccccc12.Cl.Cl. The van der Waals surface area contributed by atoms with Crippen LogP contribution in [-0.4, -0.2) is 38.2 Å². The molecule has 2 aromatic rings. The van der Waals surface area contributed by atoms with Crippen molar-refractivity contribution in [1.29, 1.82) is 5.26 Å². The predicted molar refractivity (Wildman–Crippen MR) is 102 cm³/mol. The van der Waals surface area contributed by atoms with Gasteiger partial charge in [-0.05, 0) is 17.0 Å². The number of nitriles is 1. The molecule has 1 aliphatic rings. The van der Waals surface area contributed by atoms with E-state index < -0.39 is 0 Å². The molecular formula is C18H23Cl2N3O. The summed E-state index contributed by atoms with van der Waals surface area (Å²) in [4.78, 5) is 2.41. The van der Waals surface area contributed by atoms with Crippen LogP contribution in [0.3, 0.4) is 0 Å². The average Bonchev–Trinajstić information content (AvgIpc) is 2.60. The number of ether oxygens (including phenoxy) is 1. The van der Waals surface area contributed by atoms with Crippen LogP contribution in [-0.2, 0) is 0 Å². The van der Waals surface area contributed by atoms with Crippen LogP contribution < -0.4 is 10.1 Å². The molecule has 1 atom stereocenters. The number of hydrogen-bond donors (Lipinski definition) is 1. The van der Waals surface area contributed by atoms with E-state index in [1.807, 2.05) is 18.2 Å². The first kappa shape index (κ1) is 20.5. The van der Waals surface area contributed by atoms with Crippen molar-refractivity contribution in [2.24, 2.45) is 0 Å². The lowest BCUT2D eigenvalue weighted by molar-refractivity contribution is 0.176. The zero-order valence-corrected chi connectivity index (χ0v) is 15.3. The van der Waals surface area contributed by atoms with Crippen LogP contribution in [0.5, 0.6) is 5.75 Å². The van der Waals surface area contributed by atoms with Gasteiger partial charge >= 0.3 is 0 Å². The molecule has 1 fully saturated rings. The second-order valence-electron chi connectivity index (χ2n) is 5.57. The molecule has 3 rings (SSSR count). The number of piperazine rings is 1. The normalized spacial score (nSPS) is 15.7. The smallest absolute Gasteiger partial charge is 0.126 e. The maximum atomic E-state index is 9.28. The first-order valence-electron chi connectivity index (χ1n) is 7.72. The average molecular weight is 368 g/mol. The monoisotopic (exact) mass is 367 g/mol. The van der Waals surface area contributed by atoms with Gasteiger partial charge in [-0.1, -0.05) is 30.3 Å². The maximum absolute atomic E-state index is 9.28. The molecule has 0 bridgehead atoms. The third kappa shape index (κ3) is 4.12. The zero-order chi connectivity index (χ0) is 15.4. The van der Waals surface area contributed by atoms with Gasteiger partial charge < -0.3 is 10.1 Å². The largest absolute Gasteiger partial charge is 0.496 e. The number of fused-ring (bicyclic) bond motifs is 1. The summed E-state index contributed by atoms with van der Waals surface area (Å²) in [5.74, 6) is 0.885. The number of benzene rings is 2. The molecule has 0 aromatic heterocycles. The molecule has 1 saturated heterocycles. The molecule has 0 radical (unpaired) electrons. The van der Waals surface area contributed by atoms with Crippen molar-refractivity contribution in [3.05, 3.63) is 42.0 Å². The van der Waals surface area contributed by atoms with Gasteiger partial charge in [0.2, 0.25) is 0 Å². The fourth-order valence-electron chi connectivity index (χ4n) is 3.28. The van der Waals surface area contributed by atoms with E-state index in [2.05, 4.69) is 34.5 Å². The van der Waals surface area contributed by atoms with Gasteiger partial charge in [-0.15, -0.1) is 24.8 Å². The van der Waals surface area contributed by atoms with E-state index in [0.717, 1.165) is 37.3 Å². The second kappa shape index (κ2) is 9.71. The Hall–Kier alpha value is -1.51. The predicted octanol–water partition coefficient (Wildman–Crippen LogP) is 3.55. The molecular weight excluding hydrogens is 345 g/mol. The topological polar surface area (TPSA) is 48.3 Å². The number of rotatable bonds is 4. The highest BCUT2D eigenvalue weighted by Crippen LogP contribution is 2.35. The Labute approximate surface area is 155 Å². The van der Waals surface area contributed by atoms with Crippen LogP contribution in [0.2, 0.25) is 0 Å². The molecule has 0 unspecified atom stereocenters. The van der Waals surface area contributed by atoms with Crippen molar-refractivity contribution in [2.75, 3.05) is 33.3 Å².